The average Bonchev–Trinajstić information content (AvgIpc) is 3.30. The van der Waals surface area contributed by atoms with Crippen LogP contribution in [0.5, 0.6) is 0 Å². The van der Waals surface area contributed by atoms with Crippen molar-refractivity contribution in [2.75, 3.05) is 11.5 Å². The van der Waals surface area contributed by atoms with E-state index in [1.54, 1.807) is 23.8 Å². The topological polar surface area (TPSA) is 99.0 Å². The van der Waals surface area contributed by atoms with Crippen LogP contribution in [0.4, 0.5) is 5.95 Å². The summed E-state index contributed by atoms with van der Waals surface area (Å²) in [5, 5.41) is 11.5. The highest BCUT2D eigenvalue weighted by Gasteiger charge is 2.22. The maximum atomic E-state index is 12.4. The molecule has 0 fully saturated rings. The van der Waals surface area contributed by atoms with Gasteiger partial charge in [0, 0.05) is 5.75 Å². The lowest BCUT2D eigenvalue weighted by Crippen LogP contribution is -2.31. The first-order valence-corrected chi connectivity index (χ1v) is 9.31. The second-order valence-electron chi connectivity index (χ2n) is 5.77. The molecule has 0 saturated carbocycles. The smallest absolute Gasteiger partial charge is 0.243 e. The number of carbonyl (C=O) groups is 1. The predicted molar refractivity (Wildman–Crippen MR) is 101 cm³/mol. The molecule has 26 heavy (non-hydrogen) atoms. The zero-order valence-electron chi connectivity index (χ0n) is 14.5. The number of thioether (sulfide) groups is 1. The number of carbonyl (C=O) groups excluding carboxylic acids is 1. The van der Waals surface area contributed by atoms with Crippen LogP contribution in [0.15, 0.2) is 58.3 Å². The summed E-state index contributed by atoms with van der Waals surface area (Å²) in [6, 6.07) is 13.3. The zero-order valence-corrected chi connectivity index (χ0v) is 15.3. The van der Waals surface area contributed by atoms with Crippen molar-refractivity contribution < 1.29 is 9.21 Å². The molecule has 0 aliphatic rings. The second kappa shape index (κ2) is 8.57. The molecule has 2 heterocycles. The minimum Gasteiger partial charge on any atom is -0.467 e. The summed E-state index contributed by atoms with van der Waals surface area (Å²) in [6.45, 7) is 2.10. The number of benzene rings is 1. The fraction of sp³-hybridized carbons (Fsp3) is 0.278. The Labute approximate surface area is 156 Å². The van der Waals surface area contributed by atoms with E-state index in [1.807, 2.05) is 24.3 Å². The Hall–Kier alpha value is -2.74. The first-order chi connectivity index (χ1) is 12.6. The number of anilines is 1. The fourth-order valence-corrected chi connectivity index (χ4v) is 3.52. The number of nitrogens with zero attached hydrogens (tertiary/aromatic N) is 3. The van der Waals surface area contributed by atoms with Crippen LogP contribution in [0.25, 0.3) is 0 Å². The van der Waals surface area contributed by atoms with Crippen LogP contribution in [0.1, 0.15) is 24.3 Å². The molecule has 1 amide bonds. The Kier molecular flexibility index (Phi) is 5.96. The average molecular weight is 371 g/mol. The van der Waals surface area contributed by atoms with Gasteiger partial charge in [-0.1, -0.05) is 42.1 Å². The molecule has 0 radical (unpaired) electrons. The number of furan rings is 1. The molecule has 7 nitrogen and oxygen atoms in total. The Morgan fingerprint density at radius 2 is 2.08 bits per heavy atom. The van der Waals surface area contributed by atoms with Crippen LogP contribution in [-0.4, -0.2) is 26.4 Å². The van der Waals surface area contributed by atoms with Gasteiger partial charge in [0.2, 0.25) is 11.9 Å². The minimum atomic E-state index is -0.515. The van der Waals surface area contributed by atoms with Crippen molar-refractivity contribution in [1.82, 2.24) is 20.1 Å². The van der Waals surface area contributed by atoms with E-state index in [9.17, 15) is 4.79 Å². The molecule has 0 saturated heterocycles. The zero-order chi connectivity index (χ0) is 18.4. The summed E-state index contributed by atoms with van der Waals surface area (Å²) >= 11 is 1.54. The summed E-state index contributed by atoms with van der Waals surface area (Å²) in [6.07, 6.45) is 2.47. The monoisotopic (exact) mass is 371 g/mol. The highest BCUT2D eigenvalue weighted by atomic mass is 32.2. The number of nitrogen functional groups attached to an aromatic ring is 1. The molecular formula is C18H21N5O2S. The molecule has 3 N–H and O–H groups in total. The molecule has 0 spiro atoms. The van der Waals surface area contributed by atoms with Gasteiger partial charge in [-0.15, -0.1) is 10.2 Å². The Morgan fingerprint density at radius 1 is 1.27 bits per heavy atom. The maximum absolute atomic E-state index is 12.4. The van der Waals surface area contributed by atoms with Crippen LogP contribution in [0.2, 0.25) is 0 Å². The SMILES string of the molecule is CC(C(=O)NCc1ccco1)n1c(N)nnc1SCCc1ccccc1. The van der Waals surface area contributed by atoms with E-state index in [1.165, 1.54) is 17.3 Å². The van der Waals surface area contributed by atoms with Crippen molar-refractivity contribution in [3.63, 3.8) is 0 Å². The van der Waals surface area contributed by atoms with Crippen LogP contribution in [-0.2, 0) is 17.8 Å². The van der Waals surface area contributed by atoms with Crippen molar-refractivity contribution >= 4 is 23.6 Å². The lowest BCUT2D eigenvalue weighted by molar-refractivity contribution is -0.124. The summed E-state index contributed by atoms with van der Waals surface area (Å²) in [7, 11) is 0. The van der Waals surface area contributed by atoms with Gasteiger partial charge in [0.15, 0.2) is 5.16 Å². The number of aryl methyl sites for hydroxylation is 1. The molecule has 1 aromatic carbocycles. The number of hydrogen-bond donors (Lipinski definition) is 2. The molecular weight excluding hydrogens is 350 g/mol. The third kappa shape index (κ3) is 4.45. The molecule has 0 aliphatic carbocycles. The van der Waals surface area contributed by atoms with Gasteiger partial charge in [-0.05, 0) is 31.0 Å². The van der Waals surface area contributed by atoms with Gasteiger partial charge in [-0.2, -0.15) is 0 Å². The number of nitrogens with one attached hydrogen (secondary N) is 1. The minimum absolute atomic E-state index is 0.169. The third-order valence-electron chi connectivity index (χ3n) is 3.94. The highest BCUT2D eigenvalue weighted by Crippen LogP contribution is 2.24. The predicted octanol–water partition coefficient (Wildman–Crippen LogP) is 2.67. The molecule has 3 rings (SSSR count). The quantitative estimate of drug-likeness (QED) is 0.591. The maximum Gasteiger partial charge on any atom is 0.243 e. The molecule has 3 aromatic rings. The van der Waals surface area contributed by atoms with E-state index < -0.39 is 6.04 Å². The second-order valence-corrected chi connectivity index (χ2v) is 6.83. The molecule has 8 heteroatoms. The standard InChI is InChI=1S/C18H21N5O2S/c1-13(16(24)20-12-15-8-5-10-25-15)23-17(19)21-22-18(23)26-11-9-14-6-3-2-4-7-14/h2-8,10,13H,9,11-12H2,1H3,(H2,19,21)(H,20,24). The fourth-order valence-electron chi connectivity index (χ4n) is 2.51. The first kappa shape index (κ1) is 18.1. The Morgan fingerprint density at radius 3 is 2.81 bits per heavy atom. The van der Waals surface area contributed by atoms with Gasteiger partial charge in [0.25, 0.3) is 0 Å². The van der Waals surface area contributed by atoms with Gasteiger partial charge < -0.3 is 15.5 Å². The van der Waals surface area contributed by atoms with Gasteiger partial charge in [0.05, 0.1) is 12.8 Å². The van der Waals surface area contributed by atoms with Crippen LogP contribution in [0, 0.1) is 0 Å². The van der Waals surface area contributed by atoms with E-state index in [0.29, 0.717) is 17.5 Å². The van der Waals surface area contributed by atoms with E-state index >= 15 is 0 Å². The van der Waals surface area contributed by atoms with Gasteiger partial charge >= 0.3 is 0 Å². The number of amides is 1. The summed E-state index contributed by atoms with van der Waals surface area (Å²) in [5.74, 6) is 1.58. The van der Waals surface area contributed by atoms with E-state index in [-0.39, 0.29) is 11.9 Å². The summed E-state index contributed by atoms with van der Waals surface area (Å²) in [4.78, 5) is 12.4. The molecule has 1 atom stereocenters. The van der Waals surface area contributed by atoms with Gasteiger partial charge in [-0.3, -0.25) is 9.36 Å². The molecule has 136 valence electrons. The van der Waals surface area contributed by atoms with E-state index in [4.69, 9.17) is 10.2 Å². The first-order valence-electron chi connectivity index (χ1n) is 8.32. The van der Waals surface area contributed by atoms with Gasteiger partial charge in [0.1, 0.15) is 11.8 Å². The van der Waals surface area contributed by atoms with Crippen LogP contribution in [0.3, 0.4) is 0 Å². The van der Waals surface area contributed by atoms with Crippen molar-refractivity contribution in [3.8, 4) is 0 Å². The number of aromatic nitrogens is 3. The van der Waals surface area contributed by atoms with E-state index in [0.717, 1.165) is 12.2 Å². The van der Waals surface area contributed by atoms with Crippen LogP contribution >= 0.6 is 11.8 Å². The lowest BCUT2D eigenvalue weighted by Gasteiger charge is -2.16. The summed E-state index contributed by atoms with van der Waals surface area (Å²) in [5.41, 5.74) is 7.18. The summed E-state index contributed by atoms with van der Waals surface area (Å²) < 4.78 is 6.88. The molecule has 1 unspecified atom stereocenters. The Balaban J connectivity index is 1.59. The normalized spacial score (nSPS) is 12.0. The van der Waals surface area contributed by atoms with Crippen molar-refractivity contribution in [1.29, 1.82) is 0 Å². The number of rotatable bonds is 8. The third-order valence-corrected chi connectivity index (χ3v) is 4.88. The highest BCUT2D eigenvalue weighted by molar-refractivity contribution is 7.99. The number of hydrogen-bond acceptors (Lipinski definition) is 6. The van der Waals surface area contributed by atoms with Crippen molar-refractivity contribution in [2.24, 2.45) is 0 Å². The molecule has 0 bridgehead atoms. The van der Waals surface area contributed by atoms with E-state index in [2.05, 4.69) is 27.6 Å². The molecule has 2 aromatic heterocycles. The van der Waals surface area contributed by atoms with Crippen molar-refractivity contribution in [3.05, 3.63) is 60.1 Å². The van der Waals surface area contributed by atoms with Crippen LogP contribution < -0.4 is 11.1 Å². The van der Waals surface area contributed by atoms with Crippen molar-refractivity contribution in [2.45, 2.75) is 31.1 Å². The largest absolute Gasteiger partial charge is 0.467 e. The lowest BCUT2D eigenvalue weighted by atomic mass is 10.2. The Bertz CT molecular complexity index is 833. The molecule has 0 aliphatic heterocycles. The van der Waals surface area contributed by atoms with Gasteiger partial charge in [-0.25, -0.2) is 0 Å². The number of nitrogens with two attached hydrogens (primary N) is 1.